The molecule has 6 heteroatoms. The number of nitrogens with zero attached hydrogens (tertiary/aromatic N) is 1. The third-order valence-electron chi connectivity index (χ3n) is 6.04. The van der Waals surface area contributed by atoms with Gasteiger partial charge in [-0.25, -0.2) is 0 Å². The van der Waals surface area contributed by atoms with Gasteiger partial charge in [0.15, 0.2) is 0 Å². The van der Waals surface area contributed by atoms with E-state index in [0.717, 1.165) is 39.1 Å². The lowest BCUT2D eigenvalue weighted by Gasteiger charge is -2.21. The van der Waals surface area contributed by atoms with Crippen molar-refractivity contribution in [3.8, 4) is 11.5 Å². The van der Waals surface area contributed by atoms with E-state index in [4.69, 9.17) is 9.47 Å². The number of aromatic nitrogens is 1. The minimum absolute atomic E-state index is 0.00522. The van der Waals surface area contributed by atoms with Crippen LogP contribution in [0.1, 0.15) is 22.6 Å². The van der Waals surface area contributed by atoms with Crippen molar-refractivity contribution in [1.82, 2.24) is 15.2 Å². The van der Waals surface area contributed by atoms with Crippen molar-refractivity contribution in [2.75, 3.05) is 34.4 Å². The smallest absolute Gasteiger partial charge is 0.234 e. The number of carbonyl (C=O) groups excluding carboxylic acids is 1. The van der Waals surface area contributed by atoms with E-state index in [1.165, 1.54) is 0 Å². The van der Waals surface area contributed by atoms with Crippen LogP contribution in [0.4, 0.5) is 0 Å². The van der Waals surface area contributed by atoms with Gasteiger partial charge in [0, 0.05) is 36.1 Å². The molecule has 0 aliphatic heterocycles. The van der Waals surface area contributed by atoms with Gasteiger partial charge >= 0.3 is 0 Å². The Morgan fingerprint density at radius 1 is 0.941 bits per heavy atom. The lowest BCUT2D eigenvalue weighted by atomic mass is 9.90. The molecular formula is C28H31N3O3. The molecule has 1 atom stereocenters. The van der Waals surface area contributed by atoms with Crippen molar-refractivity contribution in [1.29, 1.82) is 0 Å². The predicted octanol–water partition coefficient (Wildman–Crippen LogP) is 4.57. The number of benzene rings is 3. The van der Waals surface area contributed by atoms with E-state index in [0.29, 0.717) is 19.6 Å². The van der Waals surface area contributed by atoms with Gasteiger partial charge in [-0.2, -0.15) is 0 Å². The maximum Gasteiger partial charge on any atom is 0.234 e. The number of rotatable bonds is 10. The molecule has 2 N–H and O–H groups in total. The van der Waals surface area contributed by atoms with Gasteiger partial charge in [0.25, 0.3) is 0 Å². The molecule has 0 saturated carbocycles. The standard InChI is InChI=1S/C28H31N3O3/c1-31(18-20-8-12-22(33-2)13-9-20)19-28(32)30-16-25(21-10-14-23(34-3)15-11-21)26-17-29-27-7-5-4-6-24(26)27/h4-15,17,25,29H,16,18-19H2,1-3H3,(H,30,32). The Balaban J connectivity index is 1.45. The first-order valence-corrected chi connectivity index (χ1v) is 11.4. The van der Waals surface area contributed by atoms with Crippen LogP contribution in [0.5, 0.6) is 11.5 Å². The molecule has 6 nitrogen and oxygen atoms in total. The number of para-hydroxylation sites is 1. The highest BCUT2D eigenvalue weighted by Gasteiger charge is 2.19. The number of ether oxygens (including phenoxy) is 2. The molecule has 4 aromatic rings. The zero-order chi connectivity index (χ0) is 23.9. The summed E-state index contributed by atoms with van der Waals surface area (Å²) in [5.41, 5.74) is 4.50. The summed E-state index contributed by atoms with van der Waals surface area (Å²) in [5.74, 6) is 1.64. The molecule has 1 heterocycles. The number of nitrogens with one attached hydrogen (secondary N) is 2. The first-order valence-electron chi connectivity index (χ1n) is 11.4. The summed E-state index contributed by atoms with van der Waals surface area (Å²) in [7, 11) is 5.26. The number of hydrogen-bond donors (Lipinski definition) is 2. The minimum Gasteiger partial charge on any atom is -0.497 e. The van der Waals surface area contributed by atoms with Crippen molar-refractivity contribution in [2.45, 2.75) is 12.5 Å². The van der Waals surface area contributed by atoms with Crippen LogP contribution < -0.4 is 14.8 Å². The highest BCUT2D eigenvalue weighted by Crippen LogP contribution is 2.31. The molecule has 0 saturated heterocycles. The molecule has 0 fully saturated rings. The maximum atomic E-state index is 12.8. The van der Waals surface area contributed by atoms with Gasteiger partial charge in [-0.05, 0) is 54.1 Å². The molecule has 4 rings (SSSR count). The number of hydrogen-bond acceptors (Lipinski definition) is 4. The fraction of sp³-hybridized carbons (Fsp3) is 0.250. The van der Waals surface area contributed by atoms with Crippen LogP contribution in [0.2, 0.25) is 0 Å². The molecular weight excluding hydrogens is 426 g/mol. The van der Waals surface area contributed by atoms with Gasteiger partial charge in [-0.15, -0.1) is 0 Å². The summed E-state index contributed by atoms with van der Waals surface area (Å²) in [4.78, 5) is 18.2. The van der Waals surface area contributed by atoms with Crippen molar-refractivity contribution in [3.05, 3.63) is 95.7 Å². The Morgan fingerprint density at radius 3 is 2.26 bits per heavy atom. The predicted molar refractivity (Wildman–Crippen MR) is 135 cm³/mol. The molecule has 3 aromatic carbocycles. The fourth-order valence-electron chi connectivity index (χ4n) is 4.24. The highest BCUT2D eigenvalue weighted by atomic mass is 16.5. The number of carbonyl (C=O) groups is 1. The number of aromatic amines is 1. The topological polar surface area (TPSA) is 66.6 Å². The Labute approximate surface area is 200 Å². The molecule has 0 aliphatic rings. The third kappa shape index (κ3) is 5.58. The lowest BCUT2D eigenvalue weighted by Crippen LogP contribution is -2.37. The van der Waals surface area contributed by atoms with E-state index in [-0.39, 0.29) is 11.8 Å². The van der Waals surface area contributed by atoms with E-state index in [2.05, 4.69) is 34.6 Å². The summed E-state index contributed by atoms with van der Waals surface area (Å²) in [6.07, 6.45) is 2.04. The van der Waals surface area contributed by atoms with Gasteiger partial charge in [0.1, 0.15) is 11.5 Å². The molecule has 1 amide bonds. The second-order valence-corrected chi connectivity index (χ2v) is 8.44. The Hall–Kier alpha value is -3.77. The molecule has 176 valence electrons. The maximum absolute atomic E-state index is 12.8. The van der Waals surface area contributed by atoms with Gasteiger partial charge in [-0.1, -0.05) is 42.5 Å². The van der Waals surface area contributed by atoms with E-state index in [1.807, 2.05) is 66.7 Å². The normalized spacial score (nSPS) is 12.0. The molecule has 34 heavy (non-hydrogen) atoms. The second-order valence-electron chi connectivity index (χ2n) is 8.44. The molecule has 0 aliphatic carbocycles. The summed E-state index contributed by atoms with van der Waals surface area (Å²) < 4.78 is 10.5. The Morgan fingerprint density at radius 2 is 1.59 bits per heavy atom. The van der Waals surface area contributed by atoms with E-state index in [9.17, 15) is 4.79 Å². The van der Waals surface area contributed by atoms with Crippen LogP contribution >= 0.6 is 0 Å². The van der Waals surface area contributed by atoms with Crippen LogP contribution in [0, 0.1) is 0 Å². The van der Waals surface area contributed by atoms with Gasteiger partial charge in [0.2, 0.25) is 5.91 Å². The molecule has 0 bridgehead atoms. The lowest BCUT2D eigenvalue weighted by molar-refractivity contribution is -0.122. The fourth-order valence-corrected chi connectivity index (χ4v) is 4.24. The summed E-state index contributed by atoms with van der Waals surface area (Å²) in [5, 5.41) is 4.31. The first kappa shape index (κ1) is 23.4. The molecule has 1 unspecified atom stereocenters. The van der Waals surface area contributed by atoms with Crippen LogP contribution in [-0.4, -0.2) is 50.1 Å². The van der Waals surface area contributed by atoms with Crippen molar-refractivity contribution in [2.24, 2.45) is 0 Å². The average molecular weight is 458 g/mol. The first-order chi connectivity index (χ1) is 16.6. The SMILES string of the molecule is COc1ccc(CN(C)CC(=O)NCC(c2ccc(OC)cc2)c2c[nH]c3ccccc23)cc1. The summed E-state index contributed by atoms with van der Waals surface area (Å²) in [6, 6.07) is 24.2. The number of H-pyrrole nitrogens is 1. The second kappa shape index (κ2) is 10.9. The third-order valence-corrected chi connectivity index (χ3v) is 6.04. The molecule has 0 spiro atoms. The summed E-state index contributed by atoms with van der Waals surface area (Å²) in [6.45, 7) is 1.50. The van der Waals surface area contributed by atoms with Crippen molar-refractivity contribution < 1.29 is 14.3 Å². The molecule has 0 radical (unpaired) electrons. The van der Waals surface area contributed by atoms with Gasteiger partial charge < -0.3 is 19.8 Å². The Bertz CT molecular complexity index is 1220. The highest BCUT2D eigenvalue weighted by molar-refractivity contribution is 5.84. The summed E-state index contributed by atoms with van der Waals surface area (Å²) >= 11 is 0. The van der Waals surface area contributed by atoms with E-state index >= 15 is 0 Å². The molecule has 1 aromatic heterocycles. The largest absolute Gasteiger partial charge is 0.497 e. The minimum atomic E-state index is -0.00522. The number of likely N-dealkylation sites (N-methyl/N-ethyl adjacent to an activating group) is 1. The van der Waals surface area contributed by atoms with Gasteiger partial charge in [-0.3, -0.25) is 9.69 Å². The van der Waals surface area contributed by atoms with Crippen LogP contribution in [0.25, 0.3) is 10.9 Å². The number of amides is 1. The number of fused-ring (bicyclic) bond motifs is 1. The van der Waals surface area contributed by atoms with E-state index in [1.54, 1.807) is 14.2 Å². The van der Waals surface area contributed by atoms with Crippen molar-refractivity contribution >= 4 is 16.8 Å². The van der Waals surface area contributed by atoms with Gasteiger partial charge in [0.05, 0.1) is 20.8 Å². The zero-order valence-corrected chi connectivity index (χ0v) is 19.9. The number of methoxy groups -OCH3 is 2. The van der Waals surface area contributed by atoms with Crippen molar-refractivity contribution in [3.63, 3.8) is 0 Å². The quantitative estimate of drug-likeness (QED) is 0.366. The van der Waals surface area contributed by atoms with Crippen LogP contribution in [-0.2, 0) is 11.3 Å². The monoisotopic (exact) mass is 457 g/mol. The van der Waals surface area contributed by atoms with Crippen LogP contribution in [0.15, 0.2) is 79.0 Å². The zero-order valence-electron chi connectivity index (χ0n) is 19.9. The Kier molecular flexibility index (Phi) is 7.50. The van der Waals surface area contributed by atoms with Crippen LogP contribution in [0.3, 0.4) is 0 Å². The average Bonchev–Trinajstić information content (AvgIpc) is 3.29. The van der Waals surface area contributed by atoms with E-state index < -0.39 is 0 Å².